The van der Waals surface area contributed by atoms with Crippen molar-refractivity contribution in [1.82, 2.24) is 15.5 Å². The van der Waals surface area contributed by atoms with Crippen LogP contribution in [0.4, 0.5) is 0 Å². The summed E-state index contributed by atoms with van der Waals surface area (Å²) in [5.41, 5.74) is 1.60. The standard InChI is InChI=1S/C19H26N4O2/c20-10-14-4-6-15(7-5-14)11-22-19(25)12-21-17-2-1-3-18(17)23-9-8-16(24)13-23/h4-7,16-18,21,24H,1-3,8-9,11-13H2,(H,22,25)/t16?,17-,18+/m1/s1. The second-order valence-corrected chi connectivity index (χ2v) is 7.01. The van der Waals surface area contributed by atoms with Gasteiger partial charge in [-0.3, -0.25) is 9.69 Å². The van der Waals surface area contributed by atoms with Gasteiger partial charge in [-0.25, -0.2) is 0 Å². The van der Waals surface area contributed by atoms with Gasteiger partial charge >= 0.3 is 0 Å². The molecule has 6 nitrogen and oxygen atoms in total. The molecule has 0 radical (unpaired) electrons. The van der Waals surface area contributed by atoms with Crippen molar-refractivity contribution < 1.29 is 9.90 Å². The van der Waals surface area contributed by atoms with Gasteiger partial charge in [-0.05, 0) is 37.0 Å². The van der Waals surface area contributed by atoms with E-state index in [1.165, 1.54) is 6.42 Å². The quantitative estimate of drug-likeness (QED) is 0.710. The van der Waals surface area contributed by atoms with Crippen molar-refractivity contribution in [3.05, 3.63) is 35.4 Å². The second-order valence-electron chi connectivity index (χ2n) is 7.01. The minimum absolute atomic E-state index is 0.0172. The largest absolute Gasteiger partial charge is 0.392 e. The lowest BCUT2D eigenvalue weighted by atomic mass is 10.1. The first-order chi connectivity index (χ1) is 12.2. The number of likely N-dealkylation sites (tertiary alicyclic amines) is 1. The van der Waals surface area contributed by atoms with E-state index >= 15 is 0 Å². The van der Waals surface area contributed by atoms with E-state index in [0.29, 0.717) is 30.7 Å². The highest BCUT2D eigenvalue weighted by molar-refractivity contribution is 5.78. The van der Waals surface area contributed by atoms with E-state index in [9.17, 15) is 9.90 Å². The van der Waals surface area contributed by atoms with E-state index < -0.39 is 0 Å². The Bertz CT molecular complexity index is 625. The summed E-state index contributed by atoms with van der Waals surface area (Å²) in [6.07, 6.45) is 4.05. The number of carbonyl (C=O) groups is 1. The third-order valence-corrected chi connectivity index (χ3v) is 5.24. The fourth-order valence-corrected chi connectivity index (χ4v) is 3.87. The number of β-amino-alcohol motifs (C(OH)–C–C–N with tert-alkyl or cyclic N) is 1. The molecular weight excluding hydrogens is 316 g/mol. The predicted molar refractivity (Wildman–Crippen MR) is 94.6 cm³/mol. The molecule has 2 aliphatic rings. The number of rotatable bonds is 6. The number of aliphatic hydroxyl groups is 1. The molecule has 0 bridgehead atoms. The lowest BCUT2D eigenvalue weighted by Gasteiger charge is -2.29. The average Bonchev–Trinajstić information content (AvgIpc) is 3.27. The molecule has 1 saturated heterocycles. The molecule has 1 aliphatic heterocycles. The molecule has 1 aliphatic carbocycles. The van der Waals surface area contributed by atoms with Gasteiger partial charge in [-0.1, -0.05) is 18.6 Å². The molecule has 1 aromatic carbocycles. The van der Waals surface area contributed by atoms with Crippen molar-refractivity contribution in [1.29, 1.82) is 5.26 Å². The lowest BCUT2D eigenvalue weighted by molar-refractivity contribution is -0.120. The van der Waals surface area contributed by atoms with Crippen LogP contribution in [-0.2, 0) is 11.3 Å². The van der Waals surface area contributed by atoms with Crippen molar-refractivity contribution in [2.24, 2.45) is 0 Å². The van der Waals surface area contributed by atoms with Gasteiger partial charge in [0.05, 0.1) is 24.3 Å². The van der Waals surface area contributed by atoms with Crippen molar-refractivity contribution in [3.8, 4) is 6.07 Å². The summed E-state index contributed by atoms with van der Waals surface area (Å²) in [6, 6.07) is 10.1. The van der Waals surface area contributed by atoms with E-state index in [4.69, 9.17) is 5.26 Å². The highest BCUT2D eigenvalue weighted by atomic mass is 16.3. The summed E-state index contributed by atoms with van der Waals surface area (Å²) in [5, 5.41) is 24.8. The van der Waals surface area contributed by atoms with Crippen LogP contribution in [0.15, 0.2) is 24.3 Å². The smallest absolute Gasteiger partial charge is 0.234 e. The maximum absolute atomic E-state index is 12.1. The molecule has 1 saturated carbocycles. The number of hydrogen-bond acceptors (Lipinski definition) is 5. The SMILES string of the molecule is N#Cc1ccc(CNC(=O)CN[C@@H]2CCC[C@@H]2N2CCC(O)C2)cc1. The fourth-order valence-electron chi connectivity index (χ4n) is 3.87. The molecule has 134 valence electrons. The summed E-state index contributed by atoms with van der Waals surface area (Å²) in [7, 11) is 0. The van der Waals surface area contributed by atoms with Crippen molar-refractivity contribution in [3.63, 3.8) is 0 Å². The first-order valence-corrected chi connectivity index (χ1v) is 9.07. The van der Waals surface area contributed by atoms with Crippen LogP contribution in [0.3, 0.4) is 0 Å². The van der Waals surface area contributed by atoms with Gasteiger partial charge in [0, 0.05) is 31.7 Å². The molecule has 1 amide bonds. The first kappa shape index (κ1) is 17.9. The predicted octanol–water partition coefficient (Wildman–Crippen LogP) is 0.752. The zero-order valence-electron chi connectivity index (χ0n) is 14.4. The summed E-state index contributed by atoms with van der Waals surface area (Å²) < 4.78 is 0. The molecule has 6 heteroatoms. The molecule has 3 N–H and O–H groups in total. The highest BCUT2D eigenvalue weighted by Gasteiger charge is 2.35. The maximum Gasteiger partial charge on any atom is 0.234 e. The zero-order valence-corrected chi connectivity index (χ0v) is 14.4. The molecule has 1 heterocycles. The van der Waals surface area contributed by atoms with Crippen LogP contribution in [0.1, 0.15) is 36.8 Å². The maximum atomic E-state index is 12.1. The van der Waals surface area contributed by atoms with Crippen LogP contribution in [0.2, 0.25) is 0 Å². The van der Waals surface area contributed by atoms with Gasteiger partial charge < -0.3 is 15.7 Å². The molecular formula is C19H26N4O2. The van der Waals surface area contributed by atoms with Gasteiger partial charge in [-0.15, -0.1) is 0 Å². The number of carbonyl (C=O) groups excluding carboxylic acids is 1. The Hall–Kier alpha value is -1.94. The Labute approximate surface area is 148 Å². The third-order valence-electron chi connectivity index (χ3n) is 5.24. The van der Waals surface area contributed by atoms with E-state index in [1.807, 2.05) is 12.1 Å². The number of amides is 1. The van der Waals surface area contributed by atoms with Gasteiger partial charge in [-0.2, -0.15) is 5.26 Å². The Morgan fingerprint density at radius 3 is 2.76 bits per heavy atom. The van der Waals surface area contributed by atoms with Crippen molar-refractivity contribution in [2.45, 2.75) is 50.4 Å². The third kappa shape index (κ3) is 4.79. The number of aliphatic hydroxyl groups excluding tert-OH is 1. The average molecular weight is 342 g/mol. The number of nitrogens with one attached hydrogen (secondary N) is 2. The molecule has 1 unspecified atom stereocenters. The normalized spacial score (nSPS) is 26.5. The molecule has 1 aromatic rings. The Morgan fingerprint density at radius 2 is 2.08 bits per heavy atom. The van der Waals surface area contributed by atoms with Gasteiger partial charge in [0.1, 0.15) is 0 Å². The van der Waals surface area contributed by atoms with Crippen LogP contribution < -0.4 is 10.6 Å². The van der Waals surface area contributed by atoms with E-state index in [1.54, 1.807) is 12.1 Å². The number of nitrogens with zero attached hydrogens (tertiary/aromatic N) is 2. The summed E-state index contributed by atoms with van der Waals surface area (Å²) >= 11 is 0. The van der Waals surface area contributed by atoms with Crippen LogP contribution in [0.25, 0.3) is 0 Å². The number of benzene rings is 1. The molecule has 3 rings (SSSR count). The number of nitriles is 1. The minimum Gasteiger partial charge on any atom is -0.392 e. The molecule has 0 aromatic heterocycles. The Kier molecular flexibility index (Phi) is 6.03. The van der Waals surface area contributed by atoms with E-state index in [0.717, 1.165) is 37.9 Å². The summed E-state index contributed by atoms with van der Waals surface area (Å²) in [5.74, 6) is -0.0172. The molecule has 25 heavy (non-hydrogen) atoms. The van der Waals surface area contributed by atoms with Crippen LogP contribution in [-0.4, -0.2) is 53.7 Å². The topological polar surface area (TPSA) is 88.4 Å². The zero-order chi connectivity index (χ0) is 17.6. The highest BCUT2D eigenvalue weighted by Crippen LogP contribution is 2.27. The fraction of sp³-hybridized carbons (Fsp3) is 0.579. The van der Waals surface area contributed by atoms with Crippen molar-refractivity contribution >= 4 is 5.91 Å². The Morgan fingerprint density at radius 1 is 1.28 bits per heavy atom. The number of hydrogen-bond donors (Lipinski definition) is 3. The van der Waals surface area contributed by atoms with E-state index in [-0.39, 0.29) is 12.0 Å². The van der Waals surface area contributed by atoms with Gasteiger partial charge in [0.2, 0.25) is 5.91 Å². The molecule has 3 atom stereocenters. The van der Waals surface area contributed by atoms with Crippen molar-refractivity contribution in [2.75, 3.05) is 19.6 Å². The lowest BCUT2D eigenvalue weighted by Crippen LogP contribution is -2.48. The monoisotopic (exact) mass is 342 g/mol. The molecule has 0 spiro atoms. The van der Waals surface area contributed by atoms with Crippen LogP contribution >= 0.6 is 0 Å². The van der Waals surface area contributed by atoms with Gasteiger partial charge in [0.25, 0.3) is 0 Å². The Balaban J connectivity index is 1.41. The second kappa shape index (κ2) is 8.43. The first-order valence-electron chi connectivity index (χ1n) is 9.07. The summed E-state index contributed by atoms with van der Waals surface area (Å²) in [4.78, 5) is 14.5. The van der Waals surface area contributed by atoms with Crippen LogP contribution in [0.5, 0.6) is 0 Å². The van der Waals surface area contributed by atoms with E-state index in [2.05, 4.69) is 21.6 Å². The minimum atomic E-state index is -0.197. The molecule has 2 fully saturated rings. The van der Waals surface area contributed by atoms with Crippen LogP contribution in [0, 0.1) is 11.3 Å². The summed E-state index contributed by atoms with van der Waals surface area (Å²) in [6.45, 7) is 2.50. The van der Waals surface area contributed by atoms with Gasteiger partial charge in [0.15, 0.2) is 0 Å².